The molecule has 3 rings (SSSR count). The second kappa shape index (κ2) is 3.94. The molecule has 3 aromatic rings. The second-order valence-corrected chi connectivity index (χ2v) is 4.20. The van der Waals surface area contributed by atoms with Gasteiger partial charge in [0.25, 0.3) is 0 Å². The predicted octanol–water partition coefficient (Wildman–Crippen LogP) is 4.09. The normalized spacial score (nSPS) is 10.5. The minimum atomic E-state index is 0.687. The number of fused-ring (bicyclic) bond motifs is 1. The first-order valence-electron chi connectivity index (χ1n) is 5.01. The van der Waals surface area contributed by atoms with Crippen LogP contribution in [-0.2, 0) is 0 Å². The highest BCUT2D eigenvalue weighted by atomic mass is 32.1. The minimum absolute atomic E-state index is 0.687. The van der Waals surface area contributed by atoms with E-state index in [4.69, 9.17) is 4.74 Å². The molecule has 2 aromatic carbocycles. The van der Waals surface area contributed by atoms with Crippen LogP contribution in [0.3, 0.4) is 0 Å². The Hall–Kier alpha value is -1.87. The molecule has 0 aliphatic rings. The molecule has 0 aliphatic carbocycles. The second-order valence-electron chi connectivity index (χ2n) is 3.40. The molecular formula is C13H9NOS. The third-order valence-electron chi connectivity index (χ3n) is 2.30. The zero-order chi connectivity index (χ0) is 10.8. The van der Waals surface area contributed by atoms with E-state index >= 15 is 0 Å². The van der Waals surface area contributed by atoms with Crippen LogP contribution < -0.4 is 4.74 Å². The highest BCUT2D eigenvalue weighted by molar-refractivity contribution is 7.13. The Kier molecular flexibility index (Phi) is 2.31. The van der Waals surface area contributed by atoms with Crippen LogP contribution in [0.15, 0.2) is 54.6 Å². The van der Waals surface area contributed by atoms with Gasteiger partial charge < -0.3 is 4.74 Å². The number of hydrogen-bond donors (Lipinski definition) is 0. The van der Waals surface area contributed by atoms with Gasteiger partial charge in [-0.1, -0.05) is 30.3 Å². The van der Waals surface area contributed by atoms with Crippen molar-refractivity contribution < 1.29 is 4.74 Å². The predicted molar refractivity (Wildman–Crippen MR) is 66.1 cm³/mol. The molecule has 16 heavy (non-hydrogen) atoms. The van der Waals surface area contributed by atoms with E-state index in [1.165, 1.54) is 11.5 Å². The Morgan fingerprint density at radius 2 is 1.62 bits per heavy atom. The fourth-order valence-corrected chi connectivity index (χ4v) is 2.25. The largest absolute Gasteiger partial charge is 0.438 e. The summed E-state index contributed by atoms with van der Waals surface area (Å²) in [6.45, 7) is 0. The summed E-state index contributed by atoms with van der Waals surface area (Å²) in [5.41, 5.74) is 0. The standard InChI is InChI=1S/C13H9NOS/c1-2-6-10(7-3-1)15-13-11-8-4-5-9-12(11)16-14-13/h1-9H. The molecule has 0 unspecified atom stereocenters. The van der Waals surface area contributed by atoms with Gasteiger partial charge in [0.2, 0.25) is 5.88 Å². The Morgan fingerprint density at radius 3 is 2.50 bits per heavy atom. The summed E-state index contributed by atoms with van der Waals surface area (Å²) in [4.78, 5) is 0. The smallest absolute Gasteiger partial charge is 0.238 e. The Morgan fingerprint density at radius 1 is 0.875 bits per heavy atom. The van der Waals surface area contributed by atoms with Gasteiger partial charge >= 0.3 is 0 Å². The van der Waals surface area contributed by atoms with Crippen LogP contribution in [0, 0.1) is 0 Å². The number of rotatable bonds is 2. The Labute approximate surface area is 97.3 Å². The molecule has 0 amide bonds. The van der Waals surface area contributed by atoms with E-state index in [2.05, 4.69) is 4.37 Å². The molecule has 0 saturated carbocycles. The molecule has 3 heteroatoms. The number of ether oxygens (including phenoxy) is 1. The molecule has 0 spiro atoms. The van der Waals surface area contributed by atoms with Crippen molar-refractivity contribution in [2.75, 3.05) is 0 Å². The zero-order valence-electron chi connectivity index (χ0n) is 8.46. The highest BCUT2D eigenvalue weighted by Gasteiger charge is 2.06. The molecule has 0 fully saturated rings. The van der Waals surface area contributed by atoms with Crippen molar-refractivity contribution in [3.05, 3.63) is 54.6 Å². The molecule has 0 bridgehead atoms. The van der Waals surface area contributed by atoms with Gasteiger partial charge in [-0.3, -0.25) is 0 Å². The van der Waals surface area contributed by atoms with Crippen molar-refractivity contribution in [3.63, 3.8) is 0 Å². The van der Waals surface area contributed by atoms with Crippen molar-refractivity contribution in [1.82, 2.24) is 4.37 Å². The van der Waals surface area contributed by atoms with E-state index in [9.17, 15) is 0 Å². The van der Waals surface area contributed by atoms with E-state index in [0.29, 0.717) is 5.88 Å². The number of benzene rings is 2. The summed E-state index contributed by atoms with van der Waals surface area (Å²) < 4.78 is 11.2. The first kappa shape index (κ1) is 9.36. The van der Waals surface area contributed by atoms with Gasteiger partial charge in [0.15, 0.2) is 0 Å². The fourth-order valence-electron chi connectivity index (χ4n) is 1.54. The third kappa shape index (κ3) is 1.66. The fraction of sp³-hybridized carbons (Fsp3) is 0. The maximum atomic E-state index is 5.73. The molecule has 0 radical (unpaired) electrons. The summed E-state index contributed by atoms with van der Waals surface area (Å²) in [5.74, 6) is 1.50. The summed E-state index contributed by atoms with van der Waals surface area (Å²) in [6.07, 6.45) is 0. The third-order valence-corrected chi connectivity index (χ3v) is 3.11. The minimum Gasteiger partial charge on any atom is -0.438 e. The monoisotopic (exact) mass is 227 g/mol. The summed E-state index contributed by atoms with van der Waals surface area (Å²) >= 11 is 1.46. The van der Waals surface area contributed by atoms with Crippen LogP contribution in [-0.4, -0.2) is 4.37 Å². The van der Waals surface area contributed by atoms with Crippen molar-refractivity contribution >= 4 is 21.6 Å². The van der Waals surface area contributed by atoms with Crippen LogP contribution >= 0.6 is 11.5 Å². The van der Waals surface area contributed by atoms with Gasteiger partial charge in [-0.2, -0.15) is 4.37 Å². The van der Waals surface area contributed by atoms with Crippen molar-refractivity contribution in [1.29, 1.82) is 0 Å². The number of para-hydroxylation sites is 1. The van der Waals surface area contributed by atoms with E-state index in [1.807, 2.05) is 54.6 Å². The molecule has 0 atom stereocenters. The lowest BCUT2D eigenvalue weighted by Gasteiger charge is -2.01. The van der Waals surface area contributed by atoms with Crippen LogP contribution in [0.1, 0.15) is 0 Å². The molecular weight excluding hydrogens is 218 g/mol. The van der Waals surface area contributed by atoms with Gasteiger partial charge in [-0.05, 0) is 35.8 Å². The van der Waals surface area contributed by atoms with Gasteiger partial charge in [0, 0.05) is 0 Å². The maximum Gasteiger partial charge on any atom is 0.238 e. The summed E-state index contributed by atoms with van der Waals surface area (Å²) in [6, 6.07) is 17.8. The average Bonchev–Trinajstić information content (AvgIpc) is 2.74. The van der Waals surface area contributed by atoms with Gasteiger partial charge in [0.1, 0.15) is 5.75 Å². The van der Waals surface area contributed by atoms with Gasteiger partial charge in [-0.25, -0.2) is 0 Å². The summed E-state index contributed by atoms with van der Waals surface area (Å²) in [7, 11) is 0. The Bertz CT molecular complexity index is 603. The van der Waals surface area contributed by atoms with Crippen LogP contribution in [0.5, 0.6) is 11.6 Å². The van der Waals surface area contributed by atoms with Gasteiger partial charge in [0.05, 0.1) is 10.1 Å². The van der Waals surface area contributed by atoms with Crippen molar-refractivity contribution in [2.24, 2.45) is 0 Å². The zero-order valence-corrected chi connectivity index (χ0v) is 9.28. The van der Waals surface area contributed by atoms with Crippen LogP contribution in [0.25, 0.3) is 10.1 Å². The highest BCUT2D eigenvalue weighted by Crippen LogP contribution is 2.31. The van der Waals surface area contributed by atoms with Crippen molar-refractivity contribution in [3.8, 4) is 11.6 Å². The Balaban J connectivity index is 2.01. The first-order valence-corrected chi connectivity index (χ1v) is 5.78. The molecule has 1 heterocycles. The SMILES string of the molecule is c1ccc(Oc2nsc3ccccc23)cc1. The molecule has 78 valence electrons. The average molecular weight is 227 g/mol. The lowest BCUT2D eigenvalue weighted by atomic mass is 10.3. The lowest BCUT2D eigenvalue weighted by molar-refractivity contribution is 0.474. The number of nitrogens with zero attached hydrogens (tertiary/aromatic N) is 1. The molecule has 1 aromatic heterocycles. The molecule has 0 N–H and O–H groups in total. The van der Waals surface area contributed by atoms with E-state index in [-0.39, 0.29) is 0 Å². The first-order chi connectivity index (χ1) is 7.93. The molecule has 2 nitrogen and oxygen atoms in total. The number of aromatic nitrogens is 1. The molecule has 0 aliphatic heterocycles. The van der Waals surface area contributed by atoms with Crippen molar-refractivity contribution in [2.45, 2.75) is 0 Å². The molecule has 0 saturated heterocycles. The summed E-state index contributed by atoms with van der Waals surface area (Å²) in [5, 5.41) is 1.07. The topological polar surface area (TPSA) is 22.1 Å². The lowest BCUT2D eigenvalue weighted by Crippen LogP contribution is -1.83. The number of hydrogen-bond acceptors (Lipinski definition) is 3. The maximum absolute atomic E-state index is 5.73. The van der Waals surface area contributed by atoms with E-state index < -0.39 is 0 Å². The van der Waals surface area contributed by atoms with Crippen LogP contribution in [0.4, 0.5) is 0 Å². The van der Waals surface area contributed by atoms with E-state index in [0.717, 1.165) is 15.8 Å². The quantitative estimate of drug-likeness (QED) is 0.658. The van der Waals surface area contributed by atoms with Crippen LogP contribution in [0.2, 0.25) is 0 Å². The van der Waals surface area contributed by atoms with Gasteiger partial charge in [-0.15, -0.1) is 0 Å². The van der Waals surface area contributed by atoms with E-state index in [1.54, 1.807) is 0 Å².